The number of nitro benzene ring substituents is 2. The van der Waals surface area contributed by atoms with Crippen molar-refractivity contribution in [3.05, 3.63) is 108 Å². The van der Waals surface area contributed by atoms with Gasteiger partial charge in [-0.3, -0.25) is 25.0 Å². The number of hydrogen-bond donors (Lipinski definition) is 0. The highest BCUT2D eigenvalue weighted by Gasteiger charge is 2.39. The highest BCUT2D eigenvalue weighted by atomic mass is 35.5. The number of halogens is 5. The number of para-hydroxylation sites is 1. The van der Waals surface area contributed by atoms with Crippen molar-refractivity contribution in [3.8, 4) is 11.5 Å². The quantitative estimate of drug-likeness (QED) is 0.111. The fourth-order valence-electron chi connectivity index (χ4n) is 2.88. The summed E-state index contributed by atoms with van der Waals surface area (Å²) >= 11 is 6.09. The molecule has 0 radical (unpaired) electrons. The number of nitro groups is 2. The van der Waals surface area contributed by atoms with Crippen LogP contribution in [0.2, 0.25) is 5.02 Å². The van der Waals surface area contributed by atoms with Crippen molar-refractivity contribution >= 4 is 34.8 Å². The number of nitrogens with zero attached hydrogens (tertiary/aromatic N) is 2. The third kappa shape index (κ3) is 5.79. The van der Waals surface area contributed by atoms with E-state index >= 15 is 0 Å². The highest BCUT2D eigenvalue weighted by Crippen LogP contribution is 2.46. The monoisotopic (exact) mass is 510 g/mol. The number of rotatable bonds is 7. The number of alkyl halides is 3. The Balaban J connectivity index is 2.09. The number of carbonyl (C=O) groups is 1. The van der Waals surface area contributed by atoms with Crippen LogP contribution < -0.4 is 4.74 Å². The Kier molecular flexibility index (Phi) is 7.15. The number of allylic oxidation sites excluding steroid dienone is 1. The van der Waals surface area contributed by atoms with Gasteiger partial charge in [-0.1, -0.05) is 23.7 Å². The van der Waals surface area contributed by atoms with E-state index in [-0.39, 0.29) is 34.0 Å². The molecule has 3 aromatic carbocycles. The minimum absolute atomic E-state index is 0.0245. The zero-order chi connectivity index (χ0) is 25.9. The molecule has 0 fully saturated rings. The molecule has 0 amide bonds. The Morgan fingerprint density at radius 1 is 0.943 bits per heavy atom. The van der Waals surface area contributed by atoms with Crippen molar-refractivity contribution in [2.45, 2.75) is 6.18 Å². The third-order valence-corrected chi connectivity index (χ3v) is 4.81. The normalized spacial score (nSPS) is 11.5. The van der Waals surface area contributed by atoms with Crippen molar-refractivity contribution in [2.75, 3.05) is 0 Å². The lowest BCUT2D eigenvalue weighted by molar-refractivity contribution is -0.396. The molecule has 0 heterocycles. The molecule has 0 aliphatic heterocycles. The minimum Gasteiger partial charge on any atom is -0.442 e. The second-order valence-corrected chi connectivity index (χ2v) is 7.23. The predicted octanol–water partition coefficient (Wildman–Crippen LogP) is 7.00. The van der Waals surface area contributed by atoms with E-state index in [2.05, 4.69) is 0 Å². The van der Waals surface area contributed by atoms with Crippen molar-refractivity contribution in [1.29, 1.82) is 0 Å². The summed E-state index contributed by atoms with van der Waals surface area (Å²) < 4.78 is 57.8. The summed E-state index contributed by atoms with van der Waals surface area (Å²) in [6, 6.07) is 8.82. The summed E-state index contributed by atoms with van der Waals surface area (Å²) in [5, 5.41) is 22.7. The summed E-state index contributed by atoms with van der Waals surface area (Å²) in [5.74, 6) is -2.60. The Morgan fingerprint density at radius 2 is 1.51 bits per heavy atom. The van der Waals surface area contributed by atoms with Crippen molar-refractivity contribution in [3.63, 3.8) is 0 Å². The van der Waals surface area contributed by atoms with Gasteiger partial charge in [-0.15, -0.1) is 0 Å². The maximum Gasteiger partial charge on any atom is 0.416 e. The topological polar surface area (TPSA) is 113 Å². The number of ether oxygens (including phenoxy) is 1. The zero-order valence-corrected chi connectivity index (χ0v) is 17.8. The van der Waals surface area contributed by atoms with E-state index in [0.29, 0.717) is 0 Å². The molecule has 13 heteroatoms. The molecule has 0 saturated heterocycles. The molecule has 8 nitrogen and oxygen atoms in total. The van der Waals surface area contributed by atoms with Gasteiger partial charge in [0, 0.05) is 23.3 Å². The maximum atomic E-state index is 13.1. The molecular weight excluding hydrogens is 500 g/mol. The molecule has 3 aromatic rings. The smallest absolute Gasteiger partial charge is 0.416 e. The second kappa shape index (κ2) is 9.89. The third-order valence-electron chi connectivity index (χ3n) is 4.52. The van der Waals surface area contributed by atoms with Gasteiger partial charge in [0.2, 0.25) is 0 Å². The first-order valence-corrected chi connectivity index (χ1v) is 9.74. The van der Waals surface area contributed by atoms with Crippen molar-refractivity contribution < 1.29 is 36.9 Å². The Hall–Kier alpha value is -4.32. The summed E-state index contributed by atoms with van der Waals surface area (Å²) in [7, 11) is 0. The first kappa shape index (κ1) is 25.3. The first-order chi connectivity index (χ1) is 16.4. The average Bonchev–Trinajstić information content (AvgIpc) is 2.78. The average molecular weight is 511 g/mol. The van der Waals surface area contributed by atoms with Crippen LogP contribution in [0.3, 0.4) is 0 Å². The van der Waals surface area contributed by atoms with Crippen molar-refractivity contribution in [2.24, 2.45) is 0 Å². The van der Waals surface area contributed by atoms with Crippen LogP contribution in [0.5, 0.6) is 11.5 Å². The van der Waals surface area contributed by atoms with E-state index in [1.807, 2.05) is 0 Å². The van der Waals surface area contributed by atoms with Crippen LogP contribution in [0.15, 0.2) is 60.7 Å². The lowest BCUT2D eigenvalue weighted by Gasteiger charge is -2.13. The molecule has 3 rings (SSSR count). The summed E-state index contributed by atoms with van der Waals surface area (Å²) in [6.45, 7) is 0. The molecule has 0 aliphatic carbocycles. The van der Waals surface area contributed by atoms with Gasteiger partial charge < -0.3 is 4.74 Å². The van der Waals surface area contributed by atoms with Crippen LogP contribution in [0.4, 0.5) is 28.9 Å². The lowest BCUT2D eigenvalue weighted by Crippen LogP contribution is -2.08. The molecule has 0 spiro atoms. The molecule has 0 bridgehead atoms. The standard InChI is InChI=1S/C22H11ClF4N2O6/c23-16-3-1-2-13(6-9-19(30)12-4-7-15(24)8-5-12)20(16)35-21-17(28(31)32)10-14(22(25,26)27)11-18(21)29(33)34/h1-11H/b9-6+. The van der Waals surface area contributed by atoms with Gasteiger partial charge in [0.25, 0.3) is 5.75 Å². The van der Waals surface area contributed by atoms with Gasteiger partial charge in [-0.2, -0.15) is 13.2 Å². The number of ketones is 1. The molecule has 0 aliphatic rings. The van der Waals surface area contributed by atoms with Crippen LogP contribution in [-0.2, 0) is 6.18 Å². The molecule has 0 atom stereocenters. The zero-order valence-electron chi connectivity index (χ0n) is 17.1. The van der Waals surface area contributed by atoms with Crippen LogP contribution in [0, 0.1) is 26.0 Å². The summed E-state index contributed by atoms with van der Waals surface area (Å²) in [4.78, 5) is 32.7. The Morgan fingerprint density at radius 3 is 2.03 bits per heavy atom. The van der Waals surface area contributed by atoms with Crippen LogP contribution in [0.1, 0.15) is 21.5 Å². The van der Waals surface area contributed by atoms with Gasteiger partial charge in [0.15, 0.2) is 11.5 Å². The molecule has 0 aromatic heterocycles. The van der Waals surface area contributed by atoms with Gasteiger partial charge in [0.1, 0.15) is 5.82 Å². The highest BCUT2D eigenvalue weighted by molar-refractivity contribution is 6.32. The number of benzene rings is 3. The fourth-order valence-corrected chi connectivity index (χ4v) is 3.10. The van der Waals surface area contributed by atoms with Gasteiger partial charge in [-0.05, 0) is 42.5 Å². The molecule has 35 heavy (non-hydrogen) atoms. The molecule has 0 unspecified atom stereocenters. The van der Waals surface area contributed by atoms with Crippen molar-refractivity contribution in [1.82, 2.24) is 0 Å². The van der Waals surface area contributed by atoms with E-state index in [1.165, 1.54) is 36.4 Å². The molecule has 180 valence electrons. The fraction of sp³-hybridized carbons (Fsp3) is 0.0455. The minimum atomic E-state index is -5.10. The first-order valence-electron chi connectivity index (χ1n) is 9.37. The molecule has 0 saturated carbocycles. The predicted molar refractivity (Wildman–Crippen MR) is 116 cm³/mol. The Labute approximate surface area is 198 Å². The summed E-state index contributed by atoms with van der Waals surface area (Å²) in [5.41, 5.74) is -4.10. The lowest BCUT2D eigenvalue weighted by atomic mass is 10.1. The van der Waals surface area contributed by atoms with E-state index in [1.54, 1.807) is 0 Å². The van der Waals surface area contributed by atoms with E-state index in [9.17, 15) is 42.6 Å². The number of hydrogen-bond acceptors (Lipinski definition) is 6. The SMILES string of the molecule is O=C(/C=C/c1cccc(Cl)c1Oc1c([N+](=O)[O-])cc(C(F)(F)F)cc1[N+](=O)[O-])c1ccc(F)cc1. The van der Waals surface area contributed by atoms with Gasteiger partial charge in [0.05, 0.1) is 20.4 Å². The van der Waals surface area contributed by atoms with E-state index in [4.69, 9.17) is 16.3 Å². The van der Waals surface area contributed by atoms with Crippen LogP contribution in [0.25, 0.3) is 6.08 Å². The van der Waals surface area contributed by atoms with E-state index < -0.39 is 50.3 Å². The Bertz CT molecular complexity index is 1320. The molecule has 0 N–H and O–H groups in total. The van der Waals surface area contributed by atoms with Crippen LogP contribution >= 0.6 is 11.6 Å². The van der Waals surface area contributed by atoms with Gasteiger partial charge in [-0.25, -0.2) is 4.39 Å². The van der Waals surface area contributed by atoms with Crippen LogP contribution in [-0.4, -0.2) is 15.6 Å². The number of carbonyl (C=O) groups excluding carboxylic acids is 1. The largest absolute Gasteiger partial charge is 0.442 e. The van der Waals surface area contributed by atoms with Gasteiger partial charge >= 0.3 is 17.6 Å². The van der Waals surface area contributed by atoms with E-state index in [0.717, 1.165) is 18.2 Å². The molecular formula is C22H11ClF4N2O6. The summed E-state index contributed by atoms with van der Waals surface area (Å²) in [6.07, 6.45) is -2.89. The maximum absolute atomic E-state index is 13.1. The second-order valence-electron chi connectivity index (χ2n) is 6.82.